The van der Waals surface area contributed by atoms with Crippen molar-refractivity contribution in [2.75, 3.05) is 0 Å². The van der Waals surface area contributed by atoms with E-state index in [9.17, 15) is 0 Å². The van der Waals surface area contributed by atoms with Crippen LogP contribution in [0.3, 0.4) is 0 Å². The Morgan fingerprint density at radius 2 is 0.367 bits per heavy atom. The second kappa shape index (κ2) is 37.5. The van der Waals surface area contributed by atoms with Gasteiger partial charge in [-0.05, 0) is 304 Å². The largest absolute Gasteiger partial charge is 0.309 e. The Kier molecular flexibility index (Phi) is 22.8. The second-order valence-corrected chi connectivity index (χ2v) is 39.7. The average molecular weight is 1890 g/mol. The third-order valence-corrected chi connectivity index (χ3v) is 28.6. The smallest absolute Gasteiger partial charge is 0.0550 e. The van der Waals surface area contributed by atoms with Crippen LogP contribution in [0, 0.1) is 0 Å². The van der Waals surface area contributed by atoms with Gasteiger partial charge in [0.25, 0.3) is 0 Å². The molecule has 13 heterocycles. The third kappa shape index (κ3) is 16.6. The first-order chi connectivity index (χ1) is 72.2. The first-order valence-electron chi connectivity index (χ1n) is 50.0. The van der Waals surface area contributed by atoms with Gasteiger partial charge in [-0.2, -0.15) is 0 Å². The van der Waals surface area contributed by atoms with Gasteiger partial charge < -0.3 is 32.0 Å². The molecule has 13 heteroatoms. The SMILES string of the molecule is CC(C)(C)c1ccc2c(c1)c1cc(C(C)(C)C)ccc1n2-c1ccc(-c2ccc(-n3c(-c4cccnc4)ccc3-c3cccnc3)cc2)cc1.c1cncc(-c2ccc(-c3cccnc3)n2-c2ccc(-c3cc(-n4c5ccccc5c5ccccc54)cc(-n4c5ccccc5c5ccccc54)c3)cc2)c1.c1cncc(-c2ccc(-c3cccnc3)n2-c2ccc(-c3cccc(-n4c5ccccc5c5ccccc54)c3)cc2)c1. The molecule has 27 aromatic rings. The van der Waals surface area contributed by atoms with Gasteiger partial charge >= 0.3 is 0 Å². The van der Waals surface area contributed by atoms with Crippen molar-refractivity contribution in [1.29, 1.82) is 0 Å². The molecule has 702 valence electrons. The summed E-state index contributed by atoms with van der Waals surface area (Å²) in [5.41, 5.74) is 40.0. The summed E-state index contributed by atoms with van der Waals surface area (Å²) >= 11 is 0. The summed E-state index contributed by atoms with van der Waals surface area (Å²) in [6.45, 7) is 13.7. The van der Waals surface area contributed by atoms with Crippen molar-refractivity contribution in [2.45, 2.75) is 52.4 Å². The van der Waals surface area contributed by atoms with Gasteiger partial charge in [-0.3, -0.25) is 29.9 Å². The maximum Gasteiger partial charge on any atom is 0.0550 e. The van der Waals surface area contributed by atoms with Crippen molar-refractivity contribution in [3.8, 4) is 141 Å². The number of hydrogen-bond donors (Lipinski definition) is 0. The zero-order chi connectivity index (χ0) is 98.8. The highest BCUT2D eigenvalue weighted by atomic mass is 15.0. The number of aromatic nitrogens is 13. The fourth-order valence-electron chi connectivity index (χ4n) is 21.5. The summed E-state index contributed by atoms with van der Waals surface area (Å²) in [6, 6.07) is 155. The molecule has 0 N–H and O–H groups in total. The fraction of sp³-hybridized carbons (Fsp3) is 0.0597. The van der Waals surface area contributed by atoms with Crippen LogP contribution >= 0.6 is 0 Å². The molecule has 0 spiro atoms. The van der Waals surface area contributed by atoms with E-state index in [4.69, 9.17) is 0 Å². The fourth-order valence-corrected chi connectivity index (χ4v) is 21.5. The molecule has 13 nitrogen and oxygen atoms in total. The summed E-state index contributed by atoms with van der Waals surface area (Å²) in [4.78, 5) is 26.4. The molecule has 14 aromatic carbocycles. The maximum absolute atomic E-state index is 4.44. The van der Waals surface area contributed by atoms with E-state index in [1.54, 1.807) is 12.4 Å². The number of pyridine rings is 6. The normalized spacial score (nSPS) is 11.7. The Bertz CT molecular complexity index is 9020. The van der Waals surface area contributed by atoms with Gasteiger partial charge in [0.1, 0.15) is 0 Å². The monoisotopic (exact) mass is 1890 g/mol. The minimum absolute atomic E-state index is 0.0729. The molecular weight excluding hydrogens is 1790 g/mol. The predicted molar refractivity (Wildman–Crippen MR) is 608 cm³/mol. The minimum atomic E-state index is 0.0729. The lowest BCUT2D eigenvalue weighted by molar-refractivity contribution is 0.590. The van der Waals surface area contributed by atoms with E-state index < -0.39 is 0 Å². The Balaban J connectivity index is 0.000000116. The van der Waals surface area contributed by atoms with Gasteiger partial charge in [-0.15, -0.1) is 0 Å². The molecule has 0 aliphatic rings. The lowest BCUT2D eigenvalue weighted by Gasteiger charge is -2.19. The molecule has 0 unspecified atom stereocenters. The van der Waals surface area contributed by atoms with Crippen LogP contribution in [0.15, 0.2) is 505 Å². The number of hydrogen-bond acceptors (Lipinski definition) is 6. The van der Waals surface area contributed by atoms with Crippen LogP contribution in [-0.2, 0) is 10.8 Å². The van der Waals surface area contributed by atoms with E-state index in [0.717, 1.165) is 118 Å². The van der Waals surface area contributed by atoms with Crippen molar-refractivity contribution in [3.05, 3.63) is 516 Å². The summed E-state index contributed by atoms with van der Waals surface area (Å²) in [5, 5.41) is 10.1. The van der Waals surface area contributed by atoms with Crippen LogP contribution in [-0.4, -0.2) is 61.9 Å². The summed E-state index contributed by atoms with van der Waals surface area (Å²) in [7, 11) is 0. The third-order valence-electron chi connectivity index (χ3n) is 28.6. The van der Waals surface area contributed by atoms with Gasteiger partial charge in [0.2, 0.25) is 0 Å². The summed E-state index contributed by atoms with van der Waals surface area (Å²) in [5.74, 6) is 0. The van der Waals surface area contributed by atoms with Crippen LogP contribution in [0.1, 0.15) is 52.7 Å². The Morgan fingerprint density at radius 3 is 0.633 bits per heavy atom. The van der Waals surface area contributed by atoms with Crippen molar-refractivity contribution in [2.24, 2.45) is 0 Å². The quantitative estimate of drug-likeness (QED) is 0.0953. The Labute approximate surface area is 852 Å². The molecule has 0 amide bonds. The molecule has 27 rings (SSSR count). The first-order valence-corrected chi connectivity index (χ1v) is 50.0. The Hall–Kier alpha value is -19.0. The molecular formula is C134H101N13. The topological polar surface area (TPSA) is 112 Å². The number of benzene rings is 14. The van der Waals surface area contributed by atoms with Gasteiger partial charge in [0, 0.05) is 191 Å². The zero-order valence-corrected chi connectivity index (χ0v) is 82.2. The van der Waals surface area contributed by atoms with E-state index in [-0.39, 0.29) is 10.8 Å². The molecule has 0 saturated carbocycles. The highest BCUT2D eigenvalue weighted by Crippen LogP contribution is 2.45. The van der Waals surface area contributed by atoms with Crippen LogP contribution < -0.4 is 0 Å². The first kappa shape index (κ1) is 89.4. The van der Waals surface area contributed by atoms with Gasteiger partial charge in [0.15, 0.2) is 0 Å². The van der Waals surface area contributed by atoms with E-state index >= 15 is 0 Å². The number of fused-ring (bicyclic) bond motifs is 12. The molecule has 0 aliphatic heterocycles. The molecule has 0 aliphatic carbocycles. The van der Waals surface area contributed by atoms with Crippen LogP contribution in [0.25, 0.3) is 228 Å². The number of rotatable bonds is 16. The standard InChI is InChI=1S/C50H33N5.C46H42N4.C38H26N4/c1-5-17-47-41(13-1)42-14-2-6-18-48(42)54(47)39-29-37(30-40(31-39)55-49-19-7-3-15-43(49)44-16-4-8-20-50(44)55)34-21-23-38(24-22-34)53-45(35-11-9-27-51-32-35)25-26-46(53)36-12-10-28-52-33-36;1-45(2,3)35-15-21-43-39(27-35)40-28-36(46(4,5)6)16-22-44(40)50(43)38-19-13-32(14-20-38)31-11-17-37(18-12-31)49-41(33-9-7-25-47-29-33)23-24-42(49)34-10-8-26-48-30-34;1-3-14-37-33(12-1)34-13-2-4-15-38(34)42(37)32-11-5-8-28(24-32)27-16-18-31(19-17-27)41-35(29-9-6-22-39-25-29)20-21-36(41)30-10-7-23-40-26-30/h1-33H;7-30H,1-6H3;1-26H. The average Bonchev–Trinajstić information content (AvgIpc) is 1.60. The van der Waals surface area contributed by atoms with E-state index in [1.165, 1.54) is 121 Å². The highest BCUT2D eigenvalue weighted by Gasteiger charge is 2.26. The zero-order valence-electron chi connectivity index (χ0n) is 82.2. The van der Waals surface area contributed by atoms with Crippen molar-refractivity contribution >= 4 is 87.2 Å². The van der Waals surface area contributed by atoms with Crippen LogP contribution in [0.4, 0.5) is 0 Å². The van der Waals surface area contributed by atoms with E-state index in [1.807, 2.05) is 98.4 Å². The lowest BCUT2D eigenvalue weighted by atomic mass is 9.85. The predicted octanol–water partition coefficient (Wildman–Crippen LogP) is 33.8. The lowest BCUT2D eigenvalue weighted by Crippen LogP contribution is -2.10. The molecule has 147 heavy (non-hydrogen) atoms. The summed E-state index contributed by atoms with van der Waals surface area (Å²) < 4.78 is 16.5. The minimum Gasteiger partial charge on any atom is -0.309 e. The van der Waals surface area contributed by atoms with Gasteiger partial charge in [0.05, 0.1) is 78.3 Å². The van der Waals surface area contributed by atoms with Gasteiger partial charge in [-0.25, -0.2) is 0 Å². The molecule has 0 saturated heterocycles. The van der Waals surface area contributed by atoms with Crippen molar-refractivity contribution in [1.82, 2.24) is 61.9 Å². The molecule has 0 bridgehead atoms. The summed E-state index contributed by atoms with van der Waals surface area (Å²) in [6.07, 6.45) is 22.4. The van der Waals surface area contributed by atoms with E-state index in [0.29, 0.717) is 0 Å². The van der Waals surface area contributed by atoms with Crippen LogP contribution in [0.2, 0.25) is 0 Å². The maximum atomic E-state index is 4.44. The number of para-hydroxylation sites is 6. The van der Waals surface area contributed by atoms with E-state index in [2.05, 4.69) is 498 Å². The molecule has 0 radical (unpaired) electrons. The van der Waals surface area contributed by atoms with Crippen LogP contribution in [0.5, 0.6) is 0 Å². The highest BCUT2D eigenvalue weighted by molar-refractivity contribution is 6.13. The van der Waals surface area contributed by atoms with Crippen molar-refractivity contribution < 1.29 is 0 Å². The Morgan fingerprint density at radius 1 is 0.143 bits per heavy atom. The number of nitrogens with zero attached hydrogens (tertiary/aromatic N) is 13. The molecule has 0 atom stereocenters. The van der Waals surface area contributed by atoms with Crippen molar-refractivity contribution in [3.63, 3.8) is 0 Å². The second-order valence-electron chi connectivity index (χ2n) is 39.7. The molecule has 13 aromatic heterocycles. The molecule has 0 fully saturated rings. The van der Waals surface area contributed by atoms with Gasteiger partial charge in [-0.1, -0.05) is 224 Å².